The van der Waals surface area contributed by atoms with Crippen molar-refractivity contribution in [1.82, 2.24) is 4.90 Å². The van der Waals surface area contributed by atoms with E-state index in [-0.39, 0.29) is 0 Å². The first kappa shape index (κ1) is 13.9. The number of nitrogens with zero attached hydrogens (tertiary/aromatic N) is 1. The summed E-state index contributed by atoms with van der Waals surface area (Å²) in [5.41, 5.74) is 0. The van der Waals surface area contributed by atoms with E-state index in [1.807, 2.05) is 0 Å². The topological polar surface area (TPSA) is 40.5 Å². The van der Waals surface area contributed by atoms with Gasteiger partial charge in [-0.05, 0) is 44.1 Å². The van der Waals surface area contributed by atoms with Crippen LogP contribution in [0, 0.1) is 11.8 Å². The fourth-order valence-corrected chi connectivity index (χ4v) is 3.55. The Bertz CT molecular complexity index is 259. The van der Waals surface area contributed by atoms with E-state index in [0.29, 0.717) is 12.3 Å². The molecule has 1 saturated carbocycles. The zero-order chi connectivity index (χ0) is 12.8. The van der Waals surface area contributed by atoms with Gasteiger partial charge in [0.05, 0.1) is 0 Å². The molecule has 18 heavy (non-hydrogen) atoms. The molecule has 2 rings (SSSR count). The summed E-state index contributed by atoms with van der Waals surface area (Å²) in [7, 11) is 0. The Morgan fingerprint density at radius 2 is 1.78 bits per heavy atom. The molecule has 3 nitrogen and oxygen atoms in total. The van der Waals surface area contributed by atoms with E-state index in [0.717, 1.165) is 18.9 Å². The Kier molecular flexibility index (Phi) is 5.48. The van der Waals surface area contributed by atoms with Crippen molar-refractivity contribution in [2.75, 3.05) is 19.6 Å². The summed E-state index contributed by atoms with van der Waals surface area (Å²) in [6.07, 6.45) is 10.9. The minimum Gasteiger partial charge on any atom is -0.481 e. The van der Waals surface area contributed by atoms with Crippen molar-refractivity contribution < 1.29 is 9.90 Å². The van der Waals surface area contributed by atoms with Gasteiger partial charge in [0.25, 0.3) is 0 Å². The largest absolute Gasteiger partial charge is 0.481 e. The van der Waals surface area contributed by atoms with Gasteiger partial charge in [0.2, 0.25) is 0 Å². The number of aliphatic carboxylic acids is 1. The molecule has 0 aromatic heterocycles. The summed E-state index contributed by atoms with van der Waals surface area (Å²) >= 11 is 0. The Morgan fingerprint density at radius 1 is 1.06 bits per heavy atom. The number of carbonyl (C=O) groups is 1. The summed E-state index contributed by atoms with van der Waals surface area (Å²) in [5.74, 6) is 0.898. The highest BCUT2D eigenvalue weighted by atomic mass is 16.4. The summed E-state index contributed by atoms with van der Waals surface area (Å²) in [4.78, 5) is 13.2. The van der Waals surface area contributed by atoms with E-state index >= 15 is 0 Å². The van der Waals surface area contributed by atoms with E-state index in [1.165, 1.54) is 58.0 Å². The maximum absolute atomic E-state index is 10.6. The van der Waals surface area contributed by atoms with Crippen LogP contribution in [0.4, 0.5) is 0 Å². The van der Waals surface area contributed by atoms with Crippen LogP contribution in [0.1, 0.15) is 57.8 Å². The zero-order valence-corrected chi connectivity index (χ0v) is 11.4. The molecule has 1 heterocycles. The van der Waals surface area contributed by atoms with Crippen molar-refractivity contribution in [2.24, 2.45) is 11.8 Å². The second-order valence-corrected chi connectivity index (χ2v) is 6.20. The zero-order valence-electron chi connectivity index (χ0n) is 11.4. The Morgan fingerprint density at radius 3 is 2.44 bits per heavy atom. The lowest BCUT2D eigenvalue weighted by molar-refractivity contribution is -0.137. The predicted molar refractivity (Wildman–Crippen MR) is 72.6 cm³/mol. The first-order valence-corrected chi connectivity index (χ1v) is 7.68. The average molecular weight is 253 g/mol. The number of likely N-dealkylation sites (tertiary alicyclic amines) is 1. The number of carboxylic acid groups (broad SMARTS) is 1. The lowest BCUT2D eigenvalue weighted by atomic mass is 10.00. The Balaban J connectivity index is 1.66. The van der Waals surface area contributed by atoms with Gasteiger partial charge >= 0.3 is 5.97 Å². The third-order valence-corrected chi connectivity index (χ3v) is 4.63. The molecule has 0 radical (unpaired) electrons. The minimum atomic E-state index is -0.641. The molecule has 1 saturated heterocycles. The Hall–Kier alpha value is -0.570. The number of hydrogen-bond acceptors (Lipinski definition) is 2. The first-order valence-electron chi connectivity index (χ1n) is 7.68. The minimum absolute atomic E-state index is 0.349. The monoisotopic (exact) mass is 253 g/mol. The van der Waals surface area contributed by atoms with Crippen molar-refractivity contribution >= 4 is 5.97 Å². The van der Waals surface area contributed by atoms with Gasteiger partial charge in [0, 0.05) is 19.5 Å². The van der Waals surface area contributed by atoms with Crippen molar-refractivity contribution in [3.05, 3.63) is 0 Å². The molecule has 2 fully saturated rings. The molecule has 1 aliphatic heterocycles. The van der Waals surface area contributed by atoms with E-state index in [2.05, 4.69) is 4.90 Å². The highest BCUT2D eigenvalue weighted by Gasteiger charge is 2.25. The van der Waals surface area contributed by atoms with Gasteiger partial charge in [-0.3, -0.25) is 4.79 Å². The lowest BCUT2D eigenvalue weighted by Crippen LogP contribution is -2.27. The van der Waals surface area contributed by atoms with Gasteiger partial charge in [-0.2, -0.15) is 0 Å². The van der Waals surface area contributed by atoms with E-state index in [9.17, 15) is 4.79 Å². The van der Waals surface area contributed by atoms with Crippen molar-refractivity contribution in [3.8, 4) is 0 Å². The second-order valence-electron chi connectivity index (χ2n) is 6.20. The molecule has 0 amide bonds. The summed E-state index contributed by atoms with van der Waals surface area (Å²) in [6.45, 7) is 3.61. The summed E-state index contributed by atoms with van der Waals surface area (Å²) in [5, 5.41) is 8.72. The molecule has 0 bridgehead atoms. The maximum Gasteiger partial charge on any atom is 0.303 e. The van der Waals surface area contributed by atoms with Crippen LogP contribution in [0.2, 0.25) is 0 Å². The van der Waals surface area contributed by atoms with Crippen LogP contribution in [-0.4, -0.2) is 35.6 Å². The molecule has 1 N–H and O–H groups in total. The van der Waals surface area contributed by atoms with Crippen LogP contribution in [-0.2, 0) is 4.79 Å². The van der Waals surface area contributed by atoms with Gasteiger partial charge in [0.1, 0.15) is 0 Å². The molecule has 1 atom stereocenters. The fraction of sp³-hybridized carbons (Fsp3) is 0.933. The third-order valence-electron chi connectivity index (χ3n) is 4.63. The normalized spacial score (nSPS) is 27.2. The van der Waals surface area contributed by atoms with Crippen LogP contribution in [0.5, 0.6) is 0 Å². The van der Waals surface area contributed by atoms with Crippen LogP contribution in [0.25, 0.3) is 0 Å². The van der Waals surface area contributed by atoms with E-state index < -0.39 is 5.97 Å². The molecule has 3 heteroatoms. The fourth-order valence-electron chi connectivity index (χ4n) is 3.55. The molecular formula is C15H27NO2. The van der Waals surface area contributed by atoms with Gasteiger partial charge in [-0.25, -0.2) is 0 Å². The van der Waals surface area contributed by atoms with Gasteiger partial charge in [-0.15, -0.1) is 0 Å². The molecule has 104 valence electrons. The molecule has 0 aromatic carbocycles. The number of hydrogen-bond donors (Lipinski definition) is 1. The molecular weight excluding hydrogens is 226 g/mol. The van der Waals surface area contributed by atoms with Gasteiger partial charge < -0.3 is 10.0 Å². The molecule has 1 aliphatic carbocycles. The standard InChI is InChI=1S/C15H27NO2/c17-15(18)8-7-14-9-10-16(12-14)11-13-5-3-1-2-4-6-13/h13-14H,1-12H2,(H,17,18). The highest BCUT2D eigenvalue weighted by Crippen LogP contribution is 2.27. The van der Waals surface area contributed by atoms with Crippen molar-refractivity contribution in [3.63, 3.8) is 0 Å². The van der Waals surface area contributed by atoms with Crippen molar-refractivity contribution in [1.29, 1.82) is 0 Å². The summed E-state index contributed by atoms with van der Waals surface area (Å²) in [6, 6.07) is 0. The summed E-state index contributed by atoms with van der Waals surface area (Å²) < 4.78 is 0. The quantitative estimate of drug-likeness (QED) is 0.765. The van der Waals surface area contributed by atoms with Gasteiger partial charge in [0.15, 0.2) is 0 Å². The van der Waals surface area contributed by atoms with Crippen LogP contribution in [0.15, 0.2) is 0 Å². The predicted octanol–water partition coefficient (Wildman–Crippen LogP) is 3.14. The van der Waals surface area contributed by atoms with Crippen LogP contribution >= 0.6 is 0 Å². The van der Waals surface area contributed by atoms with Crippen molar-refractivity contribution in [2.45, 2.75) is 57.8 Å². The number of carboxylic acids is 1. The maximum atomic E-state index is 10.6. The van der Waals surface area contributed by atoms with Crippen LogP contribution < -0.4 is 0 Å². The second kappa shape index (κ2) is 7.13. The first-order chi connectivity index (χ1) is 8.74. The van der Waals surface area contributed by atoms with Crippen LogP contribution in [0.3, 0.4) is 0 Å². The van der Waals surface area contributed by atoms with E-state index in [1.54, 1.807) is 0 Å². The smallest absolute Gasteiger partial charge is 0.303 e. The third kappa shape index (κ3) is 4.60. The lowest BCUT2D eigenvalue weighted by Gasteiger charge is -2.22. The van der Waals surface area contributed by atoms with Gasteiger partial charge in [-0.1, -0.05) is 25.7 Å². The Labute approximate surface area is 111 Å². The number of rotatable bonds is 5. The highest BCUT2D eigenvalue weighted by molar-refractivity contribution is 5.66. The van der Waals surface area contributed by atoms with E-state index in [4.69, 9.17) is 5.11 Å². The molecule has 0 aromatic rings. The molecule has 0 spiro atoms. The molecule has 1 unspecified atom stereocenters. The molecule has 2 aliphatic rings. The SMILES string of the molecule is O=C(O)CCC1CCN(CC2CCCCCC2)C1. The average Bonchev–Trinajstić information content (AvgIpc) is 2.62.